The fourth-order valence-electron chi connectivity index (χ4n) is 2.99. The number of hydrogen-bond donors (Lipinski definition) is 0. The van der Waals surface area contributed by atoms with Gasteiger partial charge >= 0.3 is 0 Å². The van der Waals surface area contributed by atoms with E-state index in [2.05, 4.69) is 45.3 Å². The van der Waals surface area contributed by atoms with Crippen molar-refractivity contribution < 1.29 is 0 Å². The Morgan fingerprint density at radius 2 is 1.82 bits per heavy atom. The molecule has 2 nitrogen and oxygen atoms in total. The van der Waals surface area contributed by atoms with Gasteiger partial charge in [-0.3, -0.25) is 4.98 Å². The summed E-state index contributed by atoms with van der Waals surface area (Å²) in [4.78, 5) is 10.8. The lowest BCUT2D eigenvalue weighted by Crippen LogP contribution is -2.32. The van der Waals surface area contributed by atoms with Gasteiger partial charge in [0.1, 0.15) is 5.01 Å². The number of thiazole rings is 1. The Labute approximate surface area is 137 Å². The van der Waals surface area contributed by atoms with Crippen LogP contribution in [0, 0.1) is 6.92 Å². The SMILES string of the molecule is C=C(c1ccc(C)nc1)c1nc2c(s1)C(C)(C)CCC2(C)C. The van der Waals surface area contributed by atoms with E-state index in [1.807, 2.05) is 30.5 Å². The Morgan fingerprint density at radius 3 is 2.41 bits per heavy atom. The fraction of sp³-hybridized carbons (Fsp3) is 0.474. The third kappa shape index (κ3) is 2.52. The van der Waals surface area contributed by atoms with Gasteiger partial charge in [0, 0.05) is 38.7 Å². The quantitative estimate of drug-likeness (QED) is 0.756. The van der Waals surface area contributed by atoms with Crippen molar-refractivity contribution in [3.05, 3.63) is 51.7 Å². The predicted octanol–water partition coefficient (Wildman–Crippen LogP) is 5.26. The molecule has 2 aromatic heterocycles. The van der Waals surface area contributed by atoms with E-state index < -0.39 is 0 Å². The van der Waals surface area contributed by atoms with Gasteiger partial charge in [0.2, 0.25) is 0 Å². The van der Waals surface area contributed by atoms with Crippen molar-refractivity contribution in [2.45, 2.75) is 58.3 Å². The van der Waals surface area contributed by atoms with Crippen molar-refractivity contribution in [1.29, 1.82) is 0 Å². The monoisotopic (exact) mass is 312 g/mol. The molecular formula is C19H24N2S. The van der Waals surface area contributed by atoms with Crippen LogP contribution in [-0.4, -0.2) is 9.97 Å². The van der Waals surface area contributed by atoms with E-state index in [0.29, 0.717) is 0 Å². The summed E-state index contributed by atoms with van der Waals surface area (Å²) >= 11 is 1.81. The van der Waals surface area contributed by atoms with E-state index in [9.17, 15) is 0 Å². The maximum atomic E-state index is 4.99. The van der Waals surface area contributed by atoms with E-state index in [1.165, 1.54) is 23.4 Å². The summed E-state index contributed by atoms with van der Waals surface area (Å²) in [5, 5.41) is 1.04. The molecular weight excluding hydrogens is 288 g/mol. The zero-order chi connectivity index (χ0) is 16.1. The van der Waals surface area contributed by atoms with Crippen LogP contribution in [0.4, 0.5) is 0 Å². The Kier molecular flexibility index (Phi) is 3.52. The van der Waals surface area contributed by atoms with Gasteiger partial charge in [-0.25, -0.2) is 4.98 Å². The summed E-state index contributed by atoms with van der Waals surface area (Å²) in [6, 6.07) is 4.11. The van der Waals surface area contributed by atoms with Gasteiger partial charge in [0.25, 0.3) is 0 Å². The predicted molar refractivity (Wildman–Crippen MR) is 94.5 cm³/mol. The van der Waals surface area contributed by atoms with Crippen LogP contribution in [0.15, 0.2) is 24.9 Å². The molecule has 2 aromatic rings. The highest BCUT2D eigenvalue weighted by atomic mass is 32.1. The van der Waals surface area contributed by atoms with Gasteiger partial charge in [-0.2, -0.15) is 0 Å². The van der Waals surface area contributed by atoms with Crippen LogP contribution in [0.1, 0.15) is 67.4 Å². The summed E-state index contributed by atoms with van der Waals surface area (Å²) in [5.41, 5.74) is 4.71. The van der Waals surface area contributed by atoms with Crippen LogP contribution in [0.3, 0.4) is 0 Å². The standard InChI is InChI=1S/C19H24N2S/c1-12-7-8-14(11-20-12)13(2)17-21-15-16(22-17)19(5,6)10-9-18(15,3)4/h7-8,11H,2,9-10H2,1,3-6H3. The Hall–Kier alpha value is -1.48. The molecule has 0 unspecified atom stereocenters. The molecule has 0 aliphatic heterocycles. The second-order valence-electron chi connectivity index (χ2n) is 7.63. The third-order valence-electron chi connectivity index (χ3n) is 4.78. The van der Waals surface area contributed by atoms with Crippen molar-refractivity contribution in [3.8, 4) is 0 Å². The highest BCUT2D eigenvalue weighted by molar-refractivity contribution is 7.13. The van der Waals surface area contributed by atoms with Crippen molar-refractivity contribution in [3.63, 3.8) is 0 Å². The van der Waals surface area contributed by atoms with Gasteiger partial charge in [-0.15, -0.1) is 11.3 Å². The summed E-state index contributed by atoms with van der Waals surface area (Å²) in [5.74, 6) is 0. The zero-order valence-electron chi connectivity index (χ0n) is 14.2. The fourth-order valence-corrected chi connectivity index (χ4v) is 4.36. The van der Waals surface area contributed by atoms with E-state index in [1.54, 1.807) is 0 Å². The summed E-state index contributed by atoms with van der Waals surface area (Å²) in [6.07, 6.45) is 4.30. The first-order valence-electron chi connectivity index (χ1n) is 7.85. The molecule has 1 aliphatic rings. The van der Waals surface area contributed by atoms with E-state index in [-0.39, 0.29) is 10.8 Å². The summed E-state index contributed by atoms with van der Waals surface area (Å²) in [6.45, 7) is 15.5. The Bertz CT molecular complexity index is 687. The first-order valence-corrected chi connectivity index (χ1v) is 8.66. The number of aryl methyl sites for hydroxylation is 1. The number of nitrogens with zero attached hydrogens (tertiary/aromatic N) is 2. The molecule has 0 amide bonds. The van der Waals surface area contributed by atoms with Crippen LogP contribution in [0.5, 0.6) is 0 Å². The Balaban J connectivity index is 2.05. The van der Waals surface area contributed by atoms with E-state index in [0.717, 1.165) is 21.8 Å². The van der Waals surface area contributed by atoms with Gasteiger partial charge in [-0.1, -0.05) is 40.3 Å². The molecule has 0 spiro atoms. The number of hydrogen-bond acceptors (Lipinski definition) is 3. The van der Waals surface area contributed by atoms with Crippen molar-refractivity contribution in [2.75, 3.05) is 0 Å². The maximum absolute atomic E-state index is 4.99. The lowest BCUT2D eigenvalue weighted by Gasteiger charge is -2.37. The summed E-state index contributed by atoms with van der Waals surface area (Å²) < 4.78 is 0. The average Bonchev–Trinajstić information content (AvgIpc) is 2.92. The molecule has 3 rings (SSSR count). The van der Waals surface area contributed by atoms with E-state index in [4.69, 9.17) is 4.98 Å². The lowest BCUT2D eigenvalue weighted by molar-refractivity contribution is 0.331. The van der Waals surface area contributed by atoms with Crippen LogP contribution in [-0.2, 0) is 10.8 Å². The third-order valence-corrected chi connectivity index (χ3v) is 6.26. The first kappa shape index (κ1) is 15.4. The van der Waals surface area contributed by atoms with Crippen LogP contribution >= 0.6 is 11.3 Å². The van der Waals surface area contributed by atoms with Crippen molar-refractivity contribution in [2.24, 2.45) is 0 Å². The van der Waals surface area contributed by atoms with Gasteiger partial charge in [0.05, 0.1) is 5.69 Å². The normalized spacial score (nSPS) is 18.8. The molecule has 0 bridgehead atoms. The number of fused-ring (bicyclic) bond motifs is 1. The Morgan fingerprint density at radius 1 is 1.14 bits per heavy atom. The second kappa shape index (κ2) is 5.02. The molecule has 0 radical (unpaired) electrons. The number of pyridine rings is 1. The molecule has 2 heterocycles. The minimum Gasteiger partial charge on any atom is -0.261 e. The largest absolute Gasteiger partial charge is 0.261 e. The zero-order valence-corrected chi connectivity index (χ0v) is 15.0. The van der Waals surface area contributed by atoms with Gasteiger partial charge in [0.15, 0.2) is 0 Å². The second-order valence-corrected chi connectivity index (χ2v) is 8.63. The average molecular weight is 312 g/mol. The molecule has 0 aromatic carbocycles. The highest BCUT2D eigenvalue weighted by Gasteiger charge is 2.40. The molecule has 0 atom stereocenters. The number of aromatic nitrogens is 2. The molecule has 1 aliphatic carbocycles. The van der Waals surface area contributed by atoms with E-state index >= 15 is 0 Å². The molecule has 0 N–H and O–H groups in total. The number of rotatable bonds is 2. The molecule has 0 fully saturated rings. The maximum Gasteiger partial charge on any atom is 0.123 e. The molecule has 0 saturated carbocycles. The molecule has 116 valence electrons. The molecule has 3 heteroatoms. The highest BCUT2D eigenvalue weighted by Crippen LogP contribution is 2.48. The van der Waals surface area contributed by atoms with Crippen molar-refractivity contribution in [1.82, 2.24) is 9.97 Å². The lowest BCUT2D eigenvalue weighted by atomic mass is 9.69. The molecule has 22 heavy (non-hydrogen) atoms. The minimum absolute atomic E-state index is 0.158. The first-order chi connectivity index (χ1) is 10.2. The van der Waals surface area contributed by atoms with Crippen LogP contribution in [0.2, 0.25) is 0 Å². The van der Waals surface area contributed by atoms with Gasteiger partial charge in [-0.05, 0) is 25.8 Å². The topological polar surface area (TPSA) is 25.8 Å². The van der Waals surface area contributed by atoms with Crippen LogP contribution < -0.4 is 0 Å². The van der Waals surface area contributed by atoms with Crippen LogP contribution in [0.25, 0.3) is 5.57 Å². The van der Waals surface area contributed by atoms with Crippen molar-refractivity contribution >= 4 is 16.9 Å². The summed E-state index contributed by atoms with van der Waals surface area (Å²) in [7, 11) is 0. The smallest absolute Gasteiger partial charge is 0.123 e. The van der Waals surface area contributed by atoms with Gasteiger partial charge < -0.3 is 0 Å². The minimum atomic E-state index is 0.158. The molecule has 0 saturated heterocycles.